The minimum atomic E-state index is -0.273. The first kappa shape index (κ1) is 12.1. The van der Waals surface area contributed by atoms with E-state index in [4.69, 9.17) is 5.73 Å². The molecule has 1 aromatic carbocycles. The van der Waals surface area contributed by atoms with E-state index in [1.165, 1.54) is 15.6 Å². The average molecular weight is 248 g/mol. The monoisotopic (exact) mass is 248 g/mol. The van der Waals surface area contributed by atoms with Gasteiger partial charge in [-0.25, -0.2) is 0 Å². The maximum Gasteiger partial charge on any atom is 0.235 e. The maximum absolute atomic E-state index is 11.4. The highest BCUT2D eigenvalue weighted by Gasteiger charge is 2.19. The van der Waals surface area contributed by atoms with Crippen molar-refractivity contribution in [1.29, 1.82) is 0 Å². The number of hydrogen-bond donors (Lipinski definition) is 1. The molecule has 2 rings (SSSR count). The van der Waals surface area contributed by atoms with Gasteiger partial charge in [0.05, 0.1) is 6.04 Å². The molecule has 0 spiro atoms. The quantitative estimate of drug-likeness (QED) is 0.897. The summed E-state index contributed by atoms with van der Waals surface area (Å²) in [4.78, 5) is 13.3. The Balaban J connectivity index is 2.31. The fraction of sp³-hybridized carbons (Fsp3) is 0.308. The number of amides is 1. The third-order valence-electron chi connectivity index (χ3n) is 2.93. The largest absolute Gasteiger partial charge is 0.368 e. The fourth-order valence-corrected chi connectivity index (χ4v) is 2.91. The van der Waals surface area contributed by atoms with Gasteiger partial charge in [0.25, 0.3) is 0 Å². The average Bonchev–Trinajstić information content (AvgIpc) is 2.68. The van der Waals surface area contributed by atoms with Crippen molar-refractivity contribution in [3.63, 3.8) is 0 Å². The number of carbonyl (C=O) groups excluding carboxylic acids is 1. The molecule has 2 N–H and O–H groups in total. The number of carbonyl (C=O) groups is 1. The highest BCUT2D eigenvalue weighted by atomic mass is 32.1. The third-order valence-corrected chi connectivity index (χ3v) is 3.94. The smallest absolute Gasteiger partial charge is 0.235 e. The Kier molecular flexibility index (Phi) is 3.45. The Labute approximate surface area is 105 Å². The first-order chi connectivity index (χ1) is 8.09. The van der Waals surface area contributed by atoms with Crippen molar-refractivity contribution in [2.24, 2.45) is 5.73 Å². The summed E-state index contributed by atoms with van der Waals surface area (Å²) in [5.74, 6) is -0.273. The predicted molar refractivity (Wildman–Crippen MR) is 72.2 cm³/mol. The zero-order chi connectivity index (χ0) is 12.4. The Hall–Kier alpha value is -1.39. The lowest BCUT2D eigenvalue weighted by atomic mass is 10.0. The van der Waals surface area contributed by atoms with Gasteiger partial charge in [-0.3, -0.25) is 9.69 Å². The lowest BCUT2D eigenvalue weighted by Gasteiger charge is -2.20. The molecule has 0 unspecified atom stereocenters. The van der Waals surface area contributed by atoms with Gasteiger partial charge in [-0.1, -0.05) is 18.2 Å². The van der Waals surface area contributed by atoms with Crippen LogP contribution in [0, 0.1) is 0 Å². The first-order valence-electron chi connectivity index (χ1n) is 5.50. The van der Waals surface area contributed by atoms with Crippen molar-refractivity contribution in [2.75, 3.05) is 14.1 Å². The Morgan fingerprint density at radius 1 is 1.41 bits per heavy atom. The SMILES string of the molecule is CN(C)[C@@H](Cc1csc2ccccc12)C(N)=O. The van der Waals surface area contributed by atoms with Crippen molar-refractivity contribution >= 4 is 27.3 Å². The molecule has 0 saturated carbocycles. The summed E-state index contributed by atoms with van der Waals surface area (Å²) in [6.07, 6.45) is 0.673. The van der Waals surface area contributed by atoms with Gasteiger partial charge < -0.3 is 5.73 Å². The van der Waals surface area contributed by atoms with Crippen LogP contribution in [-0.4, -0.2) is 30.9 Å². The van der Waals surface area contributed by atoms with Crippen molar-refractivity contribution in [3.05, 3.63) is 35.2 Å². The summed E-state index contributed by atoms with van der Waals surface area (Å²) in [6, 6.07) is 7.99. The van der Waals surface area contributed by atoms with E-state index in [9.17, 15) is 4.79 Å². The van der Waals surface area contributed by atoms with Crippen LogP contribution in [-0.2, 0) is 11.2 Å². The fourth-order valence-electron chi connectivity index (χ4n) is 1.94. The number of nitrogens with two attached hydrogens (primary N) is 1. The van der Waals surface area contributed by atoms with Gasteiger partial charge in [-0.05, 0) is 42.9 Å². The van der Waals surface area contributed by atoms with E-state index >= 15 is 0 Å². The summed E-state index contributed by atoms with van der Waals surface area (Å²) in [6.45, 7) is 0. The maximum atomic E-state index is 11.4. The zero-order valence-electron chi connectivity index (χ0n) is 10.0. The summed E-state index contributed by atoms with van der Waals surface area (Å²) < 4.78 is 1.25. The summed E-state index contributed by atoms with van der Waals surface area (Å²) >= 11 is 1.71. The molecule has 2 aromatic rings. The summed E-state index contributed by atoms with van der Waals surface area (Å²) in [5, 5.41) is 3.34. The van der Waals surface area contributed by atoms with E-state index < -0.39 is 0 Å². The third kappa shape index (κ3) is 2.48. The lowest BCUT2D eigenvalue weighted by molar-refractivity contribution is -0.122. The topological polar surface area (TPSA) is 46.3 Å². The minimum absolute atomic E-state index is 0.243. The normalized spacial score (nSPS) is 13.1. The molecule has 0 aliphatic carbocycles. The van der Waals surface area contributed by atoms with Crippen LogP contribution in [0.2, 0.25) is 0 Å². The molecule has 3 nitrogen and oxygen atoms in total. The van der Waals surface area contributed by atoms with Crippen LogP contribution >= 0.6 is 11.3 Å². The van der Waals surface area contributed by atoms with Crippen molar-refractivity contribution < 1.29 is 4.79 Å². The number of rotatable bonds is 4. The van der Waals surface area contributed by atoms with Gasteiger partial charge in [0.2, 0.25) is 5.91 Å². The number of fused-ring (bicyclic) bond motifs is 1. The molecule has 17 heavy (non-hydrogen) atoms. The number of likely N-dealkylation sites (N-methyl/N-ethyl adjacent to an activating group) is 1. The van der Waals surface area contributed by atoms with E-state index in [0.29, 0.717) is 6.42 Å². The molecular weight excluding hydrogens is 232 g/mol. The van der Waals surface area contributed by atoms with E-state index in [1.54, 1.807) is 11.3 Å². The summed E-state index contributed by atoms with van der Waals surface area (Å²) in [7, 11) is 3.76. The van der Waals surface area contributed by atoms with Gasteiger partial charge in [-0.15, -0.1) is 11.3 Å². The molecule has 90 valence electrons. The number of hydrogen-bond acceptors (Lipinski definition) is 3. The molecule has 0 saturated heterocycles. The molecule has 1 amide bonds. The van der Waals surface area contributed by atoms with E-state index in [2.05, 4.69) is 17.5 Å². The highest BCUT2D eigenvalue weighted by Crippen LogP contribution is 2.26. The van der Waals surface area contributed by atoms with Gasteiger partial charge >= 0.3 is 0 Å². The number of thiophene rings is 1. The molecule has 1 atom stereocenters. The van der Waals surface area contributed by atoms with Gasteiger partial charge in [0.15, 0.2) is 0 Å². The lowest BCUT2D eigenvalue weighted by Crippen LogP contribution is -2.41. The molecule has 0 radical (unpaired) electrons. The van der Waals surface area contributed by atoms with Gasteiger partial charge in [0, 0.05) is 4.70 Å². The molecule has 4 heteroatoms. The van der Waals surface area contributed by atoms with Crippen LogP contribution in [0.4, 0.5) is 0 Å². The Morgan fingerprint density at radius 2 is 2.12 bits per heavy atom. The van der Waals surface area contributed by atoms with Gasteiger partial charge in [0.1, 0.15) is 0 Å². The molecular formula is C13H16N2OS. The molecule has 0 bridgehead atoms. The van der Waals surface area contributed by atoms with Crippen molar-refractivity contribution in [1.82, 2.24) is 4.90 Å². The van der Waals surface area contributed by atoms with E-state index in [1.807, 2.05) is 31.1 Å². The highest BCUT2D eigenvalue weighted by molar-refractivity contribution is 7.17. The van der Waals surface area contributed by atoms with Crippen LogP contribution in [0.1, 0.15) is 5.56 Å². The van der Waals surface area contributed by atoms with E-state index in [-0.39, 0.29) is 11.9 Å². The van der Waals surface area contributed by atoms with E-state index in [0.717, 1.165) is 0 Å². The van der Waals surface area contributed by atoms with Crippen LogP contribution < -0.4 is 5.73 Å². The second kappa shape index (κ2) is 4.85. The molecule has 0 aliphatic heterocycles. The molecule has 1 aromatic heterocycles. The zero-order valence-corrected chi connectivity index (χ0v) is 10.8. The molecule has 1 heterocycles. The second-order valence-corrected chi connectivity index (χ2v) is 5.25. The van der Waals surface area contributed by atoms with Gasteiger partial charge in [-0.2, -0.15) is 0 Å². The van der Waals surface area contributed by atoms with Crippen molar-refractivity contribution in [2.45, 2.75) is 12.5 Å². The number of primary amides is 1. The summed E-state index contributed by atoms with van der Waals surface area (Å²) in [5.41, 5.74) is 6.62. The first-order valence-corrected chi connectivity index (χ1v) is 6.38. The second-order valence-electron chi connectivity index (χ2n) is 4.34. The molecule has 0 fully saturated rings. The standard InChI is InChI=1S/C13H16N2OS/c1-15(2)11(13(14)16)7-9-8-17-12-6-4-3-5-10(9)12/h3-6,8,11H,7H2,1-2H3,(H2,14,16)/t11-/m0/s1. The van der Waals surface area contributed by atoms with Crippen molar-refractivity contribution in [3.8, 4) is 0 Å². The molecule has 0 aliphatic rings. The van der Waals surface area contributed by atoms with Crippen LogP contribution in [0.15, 0.2) is 29.6 Å². The minimum Gasteiger partial charge on any atom is -0.368 e. The Bertz CT molecular complexity index is 533. The van der Waals surface area contributed by atoms with Crippen LogP contribution in [0.5, 0.6) is 0 Å². The Morgan fingerprint density at radius 3 is 2.76 bits per heavy atom. The van der Waals surface area contributed by atoms with Crippen LogP contribution in [0.3, 0.4) is 0 Å². The predicted octanol–water partition coefficient (Wildman–Crippen LogP) is 1.86. The number of benzene rings is 1. The van der Waals surface area contributed by atoms with Crippen LogP contribution in [0.25, 0.3) is 10.1 Å². The number of nitrogens with zero attached hydrogens (tertiary/aromatic N) is 1.